The lowest BCUT2D eigenvalue weighted by Gasteiger charge is -2.12. The summed E-state index contributed by atoms with van der Waals surface area (Å²) in [6.07, 6.45) is -4.21. The average Bonchev–Trinajstić information content (AvgIpc) is 2.01. The molecule has 0 aromatic carbocycles. The molecule has 1 N–H and O–H groups in total. The van der Waals surface area contributed by atoms with Gasteiger partial charge < -0.3 is 5.11 Å². The lowest BCUT2D eigenvalue weighted by molar-refractivity contribution is -0.141. The normalized spacial score (nSPS) is 14.1. The van der Waals surface area contributed by atoms with Gasteiger partial charge in [0, 0.05) is 12.6 Å². The van der Waals surface area contributed by atoms with E-state index in [9.17, 15) is 13.2 Å². The minimum absolute atomic E-state index is 0.0231. The molecule has 1 atom stereocenters. The third-order valence-electron chi connectivity index (χ3n) is 1.68. The minimum atomic E-state index is -4.45. The smallest absolute Gasteiger partial charge is 0.393 e. The number of aromatic nitrogens is 1. The second kappa shape index (κ2) is 3.96. The van der Waals surface area contributed by atoms with Crippen LogP contribution in [0.3, 0.4) is 0 Å². The van der Waals surface area contributed by atoms with Gasteiger partial charge in [0.05, 0.1) is 6.10 Å². The number of aliphatic hydroxyl groups is 1. The summed E-state index contributed by atoms with van der Waals surface area (Å²) in [5.74, 6) is 0. The molecule has 0 spiro atoms. The van der Waals surface area contributed by atoms with Crippen LogP contribution < -0.4 is 0 Å². The first-order valence-electron chi connectivity index (χ1n) is 4.10. The molecule has 0 aliphatic carbocycles. The van der Waals surface area contributed by atoms with Crippen molar-refractivity contribution >= 4 is 0 Å². The quantitative estimate of drug-likeness (QED) is 0.801. The van der Waals surface area contributed by atoms with Crippen LogP contribution >= 0.6 is 0 Å². The summed E-state index contributed by atoms with van der Waals surface area (Å²) in [5.41, 5.74) is -0.893. The van der Waals surface area contributed by atoms with E-state index < -0.39 is 18.0 Å². The van der Waals surface area contributed by atoms with E-state index >= 15 is 0 Å². The van der Waals surface area contributed by atoms with E-state index in [2.05, 4.69) is 4.98 Å². The molecule has 0 saturated carbocycles. The highest BCUT2D eigenvalue weighted by atomic mass is 19.4. The molecule has 0 aliphatic heterocycles. The largest absolute Gasteiger partial charge is 0.433 e. The Kier molecular flexibility index (Phi) is 3.10. The van der Waals surface area contributed by atoms with Crippen molar-refractivity contribution < 1.29 is 18.3 Å². The van der Waals surface area contributed by atoms with Crippen LogP contribution in [0.2, 0.25) is 0 Å². The Labute approximate surface area is 79.4 Å². The van der Waals surface area contributed by atoms with Gasteiger partial charge in [-0.3, -0.25) is 4.98 Å². The zero-order valence-corrected chi connectivity index (χ0v) is 7.54. The van der Waals surface area contributed by atoms with Gasteiger partial charge in [0.25, 0.3) is 0 Å². The Hall–Kier alpha value is -1.10. The van der Waals surface area contributed by atoms with Crippen LogP contribution in [0.4, 0.5) is 13.2 Å². The maximum absolute atomic E-state index is 12.4. The molecule has 0 aliphatic rings. The van der Waals surface area contributed by atoms with Crippen LogP contribution in [0, 0.1) is 0 Å². The summed E-state index contributed by atoms with van der Waals surface area (Å²) in [6, 6.07) is 2.75. The van der Waals surface area contributed by atoms with E-state index in [0.29, 0.717) is 0 Å². The summed E-state index contributed by atoms with van der Waals surface area (Å²) < 4.78 is 37.1. The van der Waals surface area contributed by atoms with Gasteiger partial charge in [-0.25, -0.2) is 0 Å². The Bertz CT molecular complexity index is 309. The van der Waals surface area contributed by atoms with Gasteiger partial charge >= 0.3 is 6.18 Å². The van der Waals surface area contributed by atoms with Gasteiger partial charge in [-0.05, 0) is 18.6 Å². The Morgan fingerprint density at radius 3 is 2.64 bits per heavy atom. The van der Waals surface area contributed by atoms with E-state index in [0.717, 1.165) is 6.20 Å². The number of alkyl halides is 3. The molecule has 0 bridgehead atoms. The van der Waals surface area contributed by atoms with Crippen LogP contribution in [-0.4, -0.2) is 16.2 Å². The second-order valence-electron chi connectivity index (χ2n) is 3.06. The minimum Gasteiger partial charge on any atom is -0.393 e. The van der Waals surface area contributed by atoms with Crippen molar-refractivity contribution in [2.75, 3.05) is 0 Å². The summed E-state index contributed by atoms with van der Waals surface area (Å²) >= 11 is 0. The lowest BCUT2D eigenvalue weighted by Crippen LogP contribution is -2.15. The molecule has 14 heavy (non-hydrogen) atoms. The monoisotopic (exact) mass is 205 g/mol. The average molecular weight is 205 g/mol. The molecule has 1 aromatic rings. The fourth-order valence-corrected chi connectivity index (χ4v) is 1.18. The number of pyridine rings is 1. The third-order valence-corrected chi connectivity index (χ3v) is 1.68. The standard InChI is InChI=1S/C9H10F3NO/c1-6(14)5-7-3-2-4-13-8(7)9(10,11)12/h2-4,6,14H,5H2,1H3/t6-/m1/s1. The Balaban J connectivity index is 3.04. The molecule has 0 fully saturated rings. The van der Waals surface area contributed by atoms with Crippen LogP contribution in [0.1, 0.15) is 18.2 Å². The predicted molar refractivity (Wildman–Crippen MR) is 44.6 cm³/mol. The summed E-state index contributed by atoms with van der Waals surface area (Å²) in [7, 11) is 0. The van der Waals surface area contributed by atoms with Crippen molar-refractivity contribution in [1.29, 1.82) is 0 Å². The molecule has 0 unspecified atom stereocenters. The van der Waals surface area contributed by atoms with E-state index in [1.54, 1.807) is 0 Å². The number of hydrogen-bond donors (Lipinski definition) is 1. The summed E-state index contributed by atoms with van der Waals surface area (Å²) in [6.45, 7) is 1.44. The number of nitrogens with zero attached hydrogens (tertiary/aromatic N) is 1. The molecule has 1 rings (SSSR count). The van der Waals surface area contributed by atoms with Crippen LogP contribution in [0.25, 0.3) is 0 Å². The first-order valence-corrected chi connectivity index (χ1v) is 4.10. The molecule has 1 aromatic heterocycles. The molecule has 0 radical (unpaired) electrons. The van der Waals surface area contributed by atoms with E-state index in [1.165, 1.54) is 19.1 Å². The molecule has 1 heterocycles. The van der Waals surface area contributed by atoms with E-state index in [4.69, 9.17) is 5.11 Å². The van der Waals surface area contributed by atoms with Crippen LogP contribution in [0.15, 0.2) is 18.3 Å². The first kappa shape index (κ1) is 11.0. The van der Waals surface area contributed by atoms with Gasteiger partial charge in [-0.15, -0.1) is 0 Å². The molecule has 78 valence electrons. The fourth-order valence-electron chi connectivity index (χ4n) is 1.18. The second-order valence-corrected chi connectivity index (χ2v) is 3.06. The highest BCUT2D eigenvalue weighted by molar-refractivity contribution is 5.22. The predicted octanol–water partition coefficient (Wildman–Crippen LogP) is 2.02. The van der Waals surface area contributed by atoms with Crippen molar-refractivity contribution in [2.24, 2.45) is 0 Å². The zero-order chi connectivity index (χ0) is 10.8. The van der Waals surface area contributed by atoms with E-state index in [-0.39, 0.29) is 12.0 Å². The van der Waals surface area contributed by atoms with Crippen molar-refractivity contribution in [3.05, 3.63) is 29.6 Å². The van der Waals surface area contributed by atoms with Crippen LogP contribution in [-0.2, 0) is 12.6 Å². The van der Waals surface area contributed by atoms with E-state index in [1.807, 2.05) is 0 Å². The number of hydrogen-bond acceptors (Lipinski definition) is 2. The fraction of sp³-hybridized carbons (Fsp3) is 0.444. The maximum atomic E-state index is 12.4. The van der Waals surface area contributed by atoms with Crippen molar-refractivity contribution in [3.63, 3.8) is 0 Å². The SMILES string of the molecule is C[C@@H](O)Cc1cccnc1C(F)(F)F. The molecule has 0 amide bonds. The van der Waals surface area contributed by atoms with Crippen molar-refractivity contribution in [3.8, 4) is 0 Å². The van der Waals surface area contributed by atoms with Gasteiger partial charge in [0.2, 0.25) is 0 Å². The number of halogens is 3. The van der Waals surface area contributed by atoms with Gasteiger partial charge in [-0.1, -0.05) is 6.07 Å². The number of aliphatic hydroxyl groups excluding tert-OH is 1. The highest BCUT2D eigenvalue weighted by Gasteiger charge is 2.34. The summed E-state index contributed by atoms with van der Waals surface area (Å²) in [5, 5.41) is 9.00. The molecular weight excluding hydrogens is 195 g/mol. The van der Waals surface area contributed by atoms with Crippen molar-refractivity contribution in [1.82, 2.24) is 4.98 Å². The molecular formula is C9H10F3NO. The van der Waals surface area contributed by atoms with Gasteiger partial charge in [-0.2, -0.15) is 13.2 Å². The van der Waals surface area contributed by atoms with Gasteiger partial charge in [0.1, 0.15) is 5.69 Å². The maximum Gasteiger partial charge on any atom is 0.433 e. The van der Waals surface area contributed by atoms with Crippen LogP contribution in [0.5, 0.6) is 0 Å². The van der Waals surface area contributed by atoms with Crippen molar-refractivity contribution in [2.45, 2.75) is 25.6 Å². The third kappa shape index (κ3) is 2.70. The lowest BCUT2D eigenvalue weighted by atomic mass is 10.1. The molecule has 0 saturated heterocycles. The Morgan fingerprint density at radius 1 is 1.50 bits per heavy atom. The van der Waals surface area contributed by atoms with Gasteiger partial charge in [0.15, 0.2) is 0 Å². The first-order chi connectivity index (χ1) is 6.41. The Morgan fingerprint density at radius 2 is 2.14 bits per heavy atom. The zero-order valence-electron chi connectivity index (χ0n) is 7.54. The number of rotatable bonds is 2. The molecule has 2 nitrogen and oxygen atoms in total. The highest BCUT2D eigenvalue weighted by Crippen LogP contribution is 2.30. The topological polar surface area (TPSA) is 33.1 Å². The molecule has 5 heteroatoms. The summed E-state index contributed by atoms with van der Waals surface area (Å²) in [4.78, 5) is 3.27.